The number of hydrogen-bond acceptors (Lipinski definition) is 4. The SMILES string of the molecule is C[C@@H]1Cc2c(C(=O)N3CCC(O)(Cc4ccc(F)cc4)CC3)n[nH]c2[C@H](C)O1. The number of piperidine rings is 1. The minimum Gasteiger partial charge on any atom is -0.389 e. The topological polar surface area (TPSA) is 78.5 Å². The van der Waals surface area contributed by atoms with Crippen molar-refractivity contribution in [3.05, 3.63) is 52.6 Å². The number of ether oxygens (including phenoxy) is 1. The van der Waals surface area contributed by atoms with Crippen LogP contribution in [-0.4, -0.2) is 50.9 Å². The molecular weight excluding hydrogens is 361 g/mol. The molecule has 2 N–H and O–H groups in total. The van der Waals surface area contributed by atoms with E-state index in [1.54, 1.807) is 17.0 Å². The van der Waals surface area contributed by atoms with E-state index in [0.717, 1.165) is 16.8 Å². The van der Waals surface area contributed by atoms with E-state index in [1.165, 1.54) is 12.1 Å². The van der Waals surface area contributed by atoms with Crippen LogP contribution in [0.5, 0.6) is 0 Å². The fourth-order valence-electron chi connectivity index (χ4n) is 4.29. The van der Waals surface area contributed by atoms with Gasteiger partial charge < -0.3 is 14.7 Å². The molecule has 1 fully saturated rings. The quantitative estimate of drug-likeness (QED) is 0.849. The molecule has 0 bridgehead atoms. The Balaban J connectivity index is 1.43. The predicted molar refractivity (Wildman–Crippen MR) is 101 cm³/mol. The van der Waals surface area contributed by atoms with Gasteiger partial charge in [0.2, 0.25) is 0 Å². The summed E-state index contributed by atoms with van der Waals surface area (Å²) in [5.41, 5.74) is 2.32. The number of amides is 1. The molecule has 0 spiro atoms. The summed E-state index contributed by atoms with van der Waals surface area (Å²) in [7, 11) is 0. The van der Waals surface area contributed by atoms with Crippen LogP contribution in [0.3, 0.4) is 0 Å². The lowest BCUT2D eigenvalue weighted by Crippen LogP contribution is -2.48. The first kappa shape index (κ1) is 19.1. The summed E-state index contributed by atoms with van der Waals surface area (Å²) in [4.78, 5) is 14.8. The number of benzene rings is 1. The van der Waals surface area contributed by atoms with Crippen LogP contribution in [0.15, 0.2) is 24.3 Å². The number of nitrogens with one attached hydrogen (secondary N) is 1. The molecule has 2 aliphatic heterocycles. The third-order valence-corrected chi connectivity index (χ3v) is 5.86. The molecule has 1 aromatic carbocycles. The summed E-state index contributed by atoms with van der Waals surface area (Å²) in [6, 6.07) is 6.21. The molecule has 4 rings (SSSR count). The number of aromatic nitrogens is 2. The number of H-pyrrole nitrogens is 1. The van der Waals surface area contributed by atoms with Crippen molar-refractivity contribution in [2.75, 3.05) is 13.1 Å². The molecule has 0 unspecified atom stereocenters. The average Bonchev–Trinajstić information content (AvgIpc) is 3.08. The molecule has 28 heavy (non-hydrogen) atoms. The molecule has 0 saturated carbocycles. The highest BCUT2D eigenvalue weighted by atomic mass is 19.1. The van der Waals surface area contributed by atoms with Gasteiger partial charge in [-0.1, -0.05) is 12.1 Å². The van der Waals surface area contributed by atoms with Crippen LogP contribution in [-0.2, 0) is 17.6 Å². The monoisotopic (exact) mass is 387 g/mol. The fraction of sp³-hybridized carbons (Fsp3) is 0.524. The Kier molecular flexibility index (Phi) is 4.97. The summed E-state index contributed by atoms with van der Waals surface area (Å²) < 4.78 is 18.9. The predicted octanol–water partition coefficient (Wildman–Crippen LogP) is 2.78. The molecule has 2 aliphatic rings. The Morgan fingerprint density at radius 3 is 2.68 bits per heavy atom. The van der Waals surface area contributed by atoms with E-state index in [2.05, 4.69) is 10.2 Å². The number of nitrogens with zero attached hydrogens (tertiary/aromatic N) is 2. The lowest BCUT2D eigenvalue weighted by molar-refractivity contribution is -0.0166. The highest BCUT2D eigenvalue weighted by Gasteiger charge is 2.37. The van der Waals surface area contributed by atoms with Crippen LogP contribution in [0, 0.1) is 5.82 Å². The van der Waals surface area contributed by atoms with Gasteiger partial charge >= 0.3 is 0 Å². The number of carbonyl (C=O) groups excluding carboxylic acids is 1. The van der Waals surface area contributed by atoms with E-state index in [1.807, 2.05) is 13.8 Å². The van der Waals surface area contributed by atoms with Crippen LogP contribution in [0.4, 0.5) is 4.39 Å². The van der Waals surface area contributed by atoms with Gasteiger partial charge in [0.05, 0.1) is 23.5 Å². The number of rotatable bonds is 3. The van der Waals surface area contributed by atoms with Crippen molar-refractivity contribution in [1.82, 2.24) is 15.1 Å². The van der Waals surface area contributed by atoms with E-state index >= 15 is 0 Å². The largest absolute Gasteiger partial charge is 0.389 e. The fourth-order valence-corrected chi connectivity index (χ4v) is 4.29. The highest BCUT2D eigenvalue weighted by Crippen LogP contribution is 2.32. The van der Waals surface area contributed by atoms with Crippen LogP contribution in [0.2, 0.25) is 0 Å². The Bertz CT molecular complexity index is 856. The Hall–Kier alpha value is -2.25. The van der Waals surface area contributed by atoms with E-state index in [9.17, 15) is 14.3 Å². The van der Waals surface area contributed by atoms with Crippen molar-refractivity contribution in [2.24, 2.45) is 0 Å². The van der Waals surface area contributed by atoms with Crippen molar-refractivity contribution in [3.63, 3.8) is 0 Å². The minimum absolute atomic E-state index is 0.0498. The number of aliphatic hydroxyl groups is 1. The van der Waals surface area contributed by atoms with Crippen molar-refractivity contribution in [2.45, 2.75) is 57.3 Å². The second-order valence-corrected chi connectivity index (χ2v) is 8.08. The molecular formula is C21H26FN3O3. The van der Waals surface area contributed by atoms with Gasteiger partial charge in [-0.05, 0) is 44.4 Å². The summed E-state index contributed by atoms with van der Waals surface area (Å²) in [5.74, 6) is -0.379. The van der Waals surface area contributed by atoms with E-state index in [-0.39, 0.29) is 23.9 Å². The van der Waals surface area contributed by atoms with Crippen LogP contribution < -0.4 is 0 Å². The molecule has 7 heteroatoms. The van der Waals surface area contributed by atoms with E-state index in [4.69, 9.17) is 4.74 Å². The normalized spacial score (nSPS) is 24.1. The molecule has 3 heterocycles. The summed E-state index contributed by atoms with van der Waals surface area (Å²) in [5, 5.41) is 18.2. The first-order chi connectivity index (χ1) is 13.3. The Labute approximate surface area is 163 Å². The van der Waals surface area contributed by atoms with Crippen LogP contribution >= 0.6 is 0 Å². The zero-order valence-electron chi connectivity index (χ0n) is 16.2. The number of halogens is 1. The van der Waals surface area contributed by atoms with Crippen molar-refractivity contribution in [3.8, 4) is 0 Å². The molecule has 2 atom stereocenters. The van der Waals surface area contributed by atoms with Gasteiger partial charge in [-0.15, -0.1) is 0 Å². The van der Waals surface area contributed by atoms with Crippen molar-refractivity contribution in [1.29, 1.82) is 0 Å². The van der Waals surface area contributed by atoms with Gasteiger partial charge in [0.25, 0.3) is 5.91 Å². The van der Waals surface area contributed by atoms with E-state index in [0.29, 0.717) is 44.5 Å². The number of likely N-dealkylation sites (tertiary alicyclic amines) is 1. The van der Waals surface area contributed by atoms with Gasteiger partial charge in [-0.2, -0.15) is 5.10 Å². The van der Waals surface area contributed by atoms with Gasteiger partial charge in [0, 0.05) is 31.5 Å². The molecule has 6 nitrogen and oxygen atoms in total. The second kappa shape index (κ2) is 7.29. The standard InChI is InChI=1S/C21H26FN3O3/c1-13-11-17-18(14(2)28-13)23-24-19(17)20(26)25-9-7-21(27,8-10-25)12-15-3-5-16(22)6-4-15/h3-6,13-14,27H,7-12H2,1-2H3,(H,23,24)/t13-,14+/m1/s1. The van der Waals surface area contributed by atoms with Gasteiger partial charge in [0.1, 0.15) is 5.82 Å². The second-order valence-electron chi connectivity index (χ2n) is 8.08. The van der Waals surface area contributed by atoms with E-state index < -0.39 is 5.60 Å². The average molecular weight is 387 g/mol. The van der Waals surface area contributed by atoms with Gasteiger partial charge in [-0.3, -0.25) is 9.89 Å². The first-order valence-corrected chi connectivity index (χ1v) is 9.83. The number of fused-ring (bicyclic) bond motifs is 1. The maximum Gasteiger partial charge on any atom is 0.274 e. The van der Waals surface area contributed by atoms with Gasteiger partial charge in [-0.25, -0.2) is 4.39 Å². The highest BCUT2D eigenvalue weighted by molar-refractivity contribution is 5.94. The Morgan fingerprint density at radius 2 is 2.00 bits per heavy atom. The molecule has 0 aliphatic carbocycles. The smallest absolute Gasteiger partial charge is 0.274 e. The maximum absolute atomic E-state index is 13.1. The molecule has 2 aromatic rings. The first-order valence-electron chi connectivity index (χ1n) is 9.83. The third-order valence-electron chi connectivity index (χ3n) is 5.86. The summed E-state index contributed by atoms with van der Waals surface area (Å²) in [6.07, 6.45) is 2.04. The molecule has 0 radical (unpaired) electrons. The van der Waals surface area contributed by atoms with Crippen molar-refractivity contribution >= 4 is 5.91 Å². The molecule has 1 amide bonds. The minimum atomic E-state index is -0.878. The maximum atomic E-state index is 13.1. The molecule has 1 aromatic heterocycles. The van der Waals surface area contributed by atoms with Gasteiger partial charge in [0.15, 0.2) is 5.69 Å². The molecule has 150 valence electrons. The zero-order chi connectivity index (χ0) is 19.9. The molecule has 1 saturated heterocycles. The lowest BCUT2D eigenvalue weighted by Gasteiger charge is -2.38. The number of hydrogen-bond donors (Lipinski definition) is 2. The van der Waals surface area contributed by atoms with Crippen LogP contribution in [0.1, 0.15) is 60.1 Å². The third kappa shape index (κ3) is 3.69. The summed E-state index contributed by atoms with van der Waals surface area (Å²) in [6.45, 7) is 4.90. The van der Waals surface area contributed by atoms with Crippen LogP contribution in [0.25, 0.3) is 0 Å². The number of carbonyl (C=O) groups is 1. The van der Waals surface area contributed by atoms with Crippen molar-refractivity contribution < 1.29 is 19.0 Å². The lowest BCUT2D eigenvalue weighted by atomic mass is 9.85. The Morgan fingerprint density at radius 1 is 1.32 bits per heavy atom. The summed E-state index contributed by atoms with van der Waals surface area (Å²) >= 11 is 0. The zero-order valence-corrected chi connectivity index (χ0v) is 16.2. The number of aromatic amines is 1.